The minimum Gasteiger partial charge on any atom is -0.394 e. The van der Waals surface area contributed by atoms with E-state index in [0.717, 1.165) is 19.2 Å². The average molecular weight is 408 g/mol. The molecular weight excluding hydrogens is 387 g/mol. The van der Waals surface area contributed by atoms with Crippen LogP contribution in [0.25, 0.3) is 11.2 Å². The zero-order chi connectivity index (χ0) is 18.3. The Labute approximate surface area is 159 Å². The zero-order valence-electron chi connectivity index (χ0n) is 14.3. The van der Waals surface area contributed by atoms with Gasteiger partial charge in [-0.3, -0.25) is 4.57 Å². The van der Waals surface area contributed by atoms with E-state index >= 15 is 0 Å². The number of aromatic nitrogens is 4. The number of aliphatic hydroxyl groups excluding tert-OH is 1. The molecule has 0 radical (unpaired) electrons. The Hall–Kier alpha value is -1.85. The van der Waals surface area contributed by atoms with E-state index in [1.165, 1.54) is 0 Å². The second-order valence-corrected chi connectivity index (χ2v) is 6.69. The number of nitrogens with one attached hydrogen (secondary N) is 3. The number of alkyl halides is 3. The molecule has 2 fully saturated rings. The maximum atomic E-state index is 13.9. The fraction of sp³-hybridized carbons (Fsp3) is 0.667. The van der Waals surface area contributed by atoms with Crippen LogP contribution in [-0.4, -0.2) is 62.6 Å². The van der Waals surface area contributed by atoms with Crippen LogP contribution in [0.15, 0.2) is 6.33 Å². The summed E-state index contributed by atoms with van der Waals surface area (Å²) in [6.45, 7) is -2.31. The molecule has 4 N–H and O–H groups in total. The van der Waals surface area contributed by atoms with Gasteiger partial charge in [0.25, 0.3) is 0 Å². The topological polar surface area (TPSA) is 99.9 Å². The van der Waals surface area contributed by atoms with Gasteiger partial charge in [0, 0.05) is 13.1 Å². The lowest BCUT2D eigenvalue weighted by Crippen LogP contribution is -2.31. The molecule has 2 aromatic rings. The first-order chi connectivity index (χ1) is 12.6. The number of rotatable bonds is 7. The molecule has 4 rings (SSSR count). The smallest absolute Gasteiger partial charge is 0.321 e. The minimum absolute atomic E-state index is 0. The molecule has 8 nitrogen and oxygen atoms in total. The van der Waals surface area contributed by atoms with Crippen LogP contribution in [0, 0.1) is 5.92 Å². The third kappa shape index (κ3) is 4.04. The minimum atomic E-state index is -2.81. The van der Waals surface area contributed by atoms with Crippen LogP contribution in [0.2, 0.25) is 0 Å². The largest absolute Gasteiger partial charge is 0.394 e. The van der Waals surface area contributed by atoms with Gasteiger partial charge >= 0.3 is 6.55 Å². The van der Waals surface area contributed by atoms with Gasteiger partial charge in [-0.2, -0.15) is 18.7 Å². The number of aliphatic hydroxyl groups is 1. The van der Waals surface area contributed by atoms with Gasteiger partial charge in [-0.1, -0.05) is 0 Å². The highest BCUT2D eigenvalue weighted by atomic mass is 35.5. The second-order valence-electron chi connectivity index (χ2n) is 6.69. The third-order valence-corrected chi connectivity index (χ3v) is 4.80. The van der Waals surface area contributed by atoms with E-state index in [2.05, 4.69) is 30.9 Å². The summed E-state index contributed by atoms with van der Waals surface area (Å²) >= 11 is 0. The van der Waals surface area contributed by atoms with E-state index in [4.69, 9.17) is 0 Å². The van der Waals surface area contributed by atoms with Crippen LogP contribution in [0.4, 0.5) is 24.9 Å². The van der Waals surface area contributed by atoms with Crippen molar-refractivity contribution in [3.8, 4) is 0 Å². The molecule has 1 aliphatic heterocycles. The molecule has 1 saturated heterocycles. The summed E-state index contributed by atoms with van der Waals surface area (Å²) in [6.07, 6.45) is 1.84. The molecule has 0 bridgehead atoms. The maximum Gasteiger partial charge on any atom is 0.321 e. The maximum absolute atomic E-state index is 13.9. The predicted molar refractivity (Wildman–Crippen MR) is 96.2 cm³/mol. The number of fused-ring (bicyclic) bond motifs is 1. The fourth-order valence-corrected chi connectivity index (χ4v) is 3.17. The standard InChI is InChI=1S/C15H20F3N7O.ClH/c16-8-3-19-4-9(8)21-12-11-13(25(6-20-11)14(17)18)24-15(23-12)22-10(5-26)7-1-2-7;/h6-10,14,19,26H,1-5H2,(H2,21,22,23,24);1H/t8-,9-,10+;/m1./s1. The molecule has 3 heterocycles. The van der Waals surface area contributed by atoms with Crippen LogP contribution >= 0.6 is 12.4 Å². The lowest BCUT2D eigenvalue weighted by atomic mass is 10.2. The molecule has 1 saturated carbocycles. The normalized spacial score (nSPS) is 23.4. The average Bonchev–Trinajstić information content (AvgIpc) is 3.24. The fourth-order valence-electron chi connectivity index (χ4n) is 3.17. The molecule has 0 amide bonds. The summed E-state index contributed by atoms with van der Waals surface area (Å²) in [5.41, 5.74) is 0.107. The highest BCUT2D eigenvalue weighted by Crippen LogP contribution is 2.34. The molecule has 0 aromatic carbocycles. The van der Waals surface area contributed by atoms with E-state index in [1.54, 1.807) is 0 Å². The predicted octanol–water partition coefficient (Wildman–Crippen LogP) is 1.55. The summed E-state index contributed by atoms with van der Waals surface area (Å²) in [5, 5.41) is 18.4. The molecule has 1 aliphatic carbocycles. The molecule has 2 aromatic heterocycles. The van der Waals surface area contributed by atoms with Crippen molar-refractivity contribution < 1.29 is 18.3 Å². The zero-order valence-corrected chi connectivity index (χ0v) is 15.1. The molecule has 12 heteroatoms. The van der Waals surface area contributed by atoms with Crippen LogP contribution in [0.1, 0.15) is 19.4 Å². The van der Waals surface area contributed by atoms with Gasteiger partial charge < -0.3 is 21.1 Å². The molecule has 2 aliphatic rings. The number of hydrogen-bond donors (Lipinski definition) is 4. The van der Waals surface area contributed by atoms with Gasteiger partial charge in [-0.15, -0.1) is 12.4 Å². The highest BCUT2D eigenvalue weighted by molar-refractivity contribution is 5.85. The van der Waals surface area contributed by atoms with E-state index in [9.17, 15) is 18.3 Å². The Morgan fingerprint density at radius 1 is 1.30 bits per heavy atom. The van der Waals surface area contributed by atoms with Crippen LogP contribution in [-0.2, 0) is 0 Å². The third-order valence-electron chi connectivity index (χ3n) is 4.80. The molecule has 27 heavy (non-hydrogen) atoms. The van der Waals surface area contributed by atoms with Gasteiger partial charge in [0.2, 0.25) is 5.95 Å². The number of nitrogens with zero attached hydrogens (tertiary/aromatic N) is 4. The molecule has 0 spiro atoms. The van der Waals surface area contributed by atoms with Crippen LogP contribution < -0.4 is 16.0 Å². The van der Waals surface area contributed by atoms with Crippen molar-refractivity contribution in [3.63, 3.8) is 0 Å². The molecule has 150 valence electrons. The van der Waals surface area contributed by atoms with Crippen molar-refractivity contribution in [1.29, 1.82) is 0 Å². The Kier molecular flexibility index (Phi) is 5.92. The number of imidazole rings is 1. The quantitative estimate of drug-likeness (QED) is 0.552. The Morgan fingerprint density at radius 3 is 2.67 bits per heavy atom. The van der Waals surface area contributed by atoms with Crippen LogP contribution in [0.3, 0.4) is 0 Å². The second kappa shape index (κ2) is 8.03. The monoisotopic (exact) mass is 407 g/mol. The van der Waals surface area contributed by atoms with Crippen molar-refractivity contribution in [2.75, 3.05) is 30.3 Å². The molecular formula is C15H21ClF3N7O. The summed E-state index contributed by atoms with van der Waals surface area (Å²) in [5.74, 6) is 0.612. The van der Waals surface area contributed by atoms with Gasteiger partial charge in [0.15, 0.2) is 17.0 Å². The first-order valence-corrected chi connectivity index (χ1v) is 8.58. The van der Waals surface area contributed by atoms with E-state index in [0.29, 0.717) is 17.0 Å². The summed E-state index contributed by atoms with van der Waals surface area (Å²) < 4.78 is 41.0. The Balaban J connectivity index is 0.00000210. The van der Waals surface area contributed by atoms with Crippen molar-refractivity contribution in [1.82, 2.24) is 24.8 Å². The van der Waals surface area contributed by atoms with Crippen molar-refractivity contribution in [3.05, 3.63) is 6.33 Å². The first kappa shape index (κ1) is 19.9. The van der Waals surface area contributed by atoms with E-state index in [-0.39, 0.29) is 54.5 Å². The van der Waals surface area contributed by atoms with E-state index in [1.807, 2.05) is 0 Å². The summed E-state index contributed by atoms with van der Waals surface area (Å²) in [7, 11) is 0. The number of anilines is 2. The molecule has 0 unspecified atom stereocenters. The highest BCUT2D eigenvalue weighted by Gasteiger charge is 2.32. The van der Waals surface area contributed by atoms with Gasteiger partial charge in [0.1, 0.15) is 12.5 Å². The van der Waals surface area contributed by atoms with Crippen molar-refractivity contribution >= 4 is 35.3 Å². The molecule has 3 atom stereocenters. The van der Waals surface area contributed by atoms with Gasteiger partial charge in [-0.25, -0.2) is 9.37 Å². The number of hydrogen-bond acceptors (Lipinski definition) is 7. The Morgan fingerprint density at radius 2 is 2.07 bits per heavy atom. The first-order valence-electron chi connectivity index (χ1n) is 8.58. The van der Waals surface area contributed by atoms with Gasteiger partial charge in [-0.05, 0) is 18.8 Å². The van der Waals surface area contributed by atoms with E-state index < -0.39 is 18.8 Å². The summed E-state index contributed by atoms with van der Waals surface area (Å²) in [6, 6.07) is -0.778. The van der Waals surface area contributed by atoms with Crippen LogP contribution in [0.5, 0.6) is 0 Å². The summed E-state index contributed by atoms with van der Waals surface area (Å²) in [4.78, 5) is 12.4. The van der Waals surface area contributed by atoms with Crippen molar-refractivity contribution in [2.24, 2.45) is 5.92 Å². The van der Waals surface area contributed by atoms with Crippen molar-refractivity contribution in [2.45, 2.75) is 37.6 Å². The number of halogens is 4. The lowest BCUT2D eigenvalue weighted by Gasteiger charge is -2.18. The Bertz CT molecular complexity index is 788. The SMILES string of the molecule is Cl.OC[C@H](Nc1nc(N[C@@H]2CNC[C@H]2F)c2ncn(C(F)F)c2n1)C1CC1. The van der Waals surface area contributed by atoms with Gasteiger partial charge in [0.05, 0.1) is 18.7 Å². The lowest BCUT2D eigenvalue weighted by molar-refractivity contribution is 0.0740.